The molecule has 0 atom stereocenters. The number of hydrogen-bond acceptors (Lipinski definition) is 0. The maximum Gasteiger partial charge on any atom is 0.194 e. The summed E-state index contributed by atoms with van der Waals surface area (Å²) in [7, 11) is 20.6. The van der Waals surface area contributed by atoms with E-state index in [-0.39, 0.29) is 5.54 Å². The molecule has 0 rings (SSSR count). The molecule has 0 aliphatic carbocycles. The van der Waals surface area contributed by atoms with Crippen LogP contribution in [0, 0.1) is 0 Å². The quantitative estimate of drug-likeness (QED) is 0.617. The zero-order valence-electron chi connectivity index (χ0n) is 13.3. The third-order valence-electron chi connectivity index (χ3n) is 3.25. The number of hydrogen-bond donors (Lipinski definition) is 0. The van der Waals surface area contributed by atoms with E-state index in [1.54, 1.807) is 0 Å². The van der Waals surface area contributed by atoms with Crippen molar-refractivity contribution >= 4 is 0 Å². The number of likely N-dealkylation sites (N-methyl/N-ethyl adjacent to an activating group) is 3. The van der Waals surface area contributed by atoms with Gasteiger partial charge in [-0.25, -0.2) is 0 Å². The molecule has 0 heterocycles. The second kappa shape index (κ2) is 4.28. The molecule has 0 radical (unpaired) electrons. The molecule has 0 amide bonds. The number of rotatable bonds is 5. The van der Waals surface area contributed by atoms with Gasteiger partial charge in [-0.15, -0.1) is 0 Å². The van der Waals surface area contributed by atoms with Gasteiger partial charge >= 0.3 is 0 Å². The highest BCUT2D eigenvalue weighted by Gasteiger charge is 2.47. The molecule has 16 heavy (non-hydrogen) atoms. The van der Waals surface area contributed by atoms with Crippen molar-refractivity contribution in [1.82, 2.24) is 0 Å². The summed E-state index contributed by atoms with van der Waals surface area (Å²) in [4.78, 5) is 0. The van der Waals surface area contributed by atoms with Crippen molar-refractivity contribution in [3.63, 3.8) is 0 Å². The highest BCUT2D eigenvalue weighted by Crippen LogP contribution is 2.23. The van der Waals surface area contributed by atoms with Crippen molar-refractivity contribution < 1.29 is 13.4 Å². The van der Waals surface area contributed by atoms with E-state index in [1.807, 2.05) is 0 Å². The maximum atomic E-state index is 2.42. The lowest BCUT2D eigenvalue weighted by molar-refractivity contribution is -0.998. The van der Waals surface area contributed by atoms with Gasteiger partial charge in [0.1, 0.15) is 13.1 Å². The smallest absolute Gasteiger partial charge is 0.194 e. The van der Waals surface area contributed by atoms with Crippen LogP contribution in [0.3, 0.4) is 0 Å². The Labute approximate surface area is 103 Å². The molecule has 0 saturated carbocycles. The van der Waals surface area contributed by atoms with Crippen LogP contribution in [0.25, 0.3) is 0 Å². The third kappa shape index (κ3) is 5.28. The Morgan fingerprint density at radius 1 is 0.625 bits per heavy atom. The second-order valence-electron chi connectivity index (χ2n) is 8.41. The van der Waals surface area contributed by atoms with Gasteiger partial charge in [0.05, 0.1) is 63.4 Å². The lowest BCUT2D eigenvalue weighted by Gasteiger charge is -2.48. The molecule has 0 aliphatic heterocycles. The molecular weight excluding hydrogens is 198 g/mol. The van der Waals surface area contributed by atoms with E-state index in [9.17, 15) is 0 Å². The fourth-order valence-corrected chi connectivity index (χ4v) is 2.52. The predicted octanol–water partition coefficient (Wildman–Crippen LogP) is 0.864. The highest BCUT2D eigenvalue weighted by atomic mass is 15.4. The Hall–Kier alpha value is -0.120. The minimum absolute atomic E-state index is 0.288. The first-order valence-corrected chi connectivity index (χ1v) is 6.09. The van der Waals surface area contributed by atoms with Crippen molar-refractivity contribution in [2.45, 2.75) is 12.5 Å². The topological polar surface area (TPSA) is 0 Å². The molecule has 0 aromatic heterocycles. The molecule has 0 spiro atoms. The predicted molar refractivity (Wildman–Crippen MR) is 72.2 cm³/mol. The van der Waals surface area contributed by atoms with Crippen molar-refractivity contribution in [3.8, 4) is 0 Å². The molecule has 0 aliphatic rings. The summed E-state index contributed by atoms with van der Waals surface area (Å²) in [6, 6.07) is 0. The maximum absolute atomic E-state index is 2.42. The summed E-state index contributed by atoms with van der Waals surface area (Å²) in [5.41, 5.74) is 0.288. The molecule has 0 saturated heterocycles. The van der Waals surface area contributed by atoms with Crippen molar-refractivity contribution in [2.75, 3.05) is 76.5 Å². The lowest BCUT2D eigenvalue weighted by atomic mass is 9.95. The van der Waals surface area contributed by atoms with Crippen LogP contribution in [0.1, 0.15) is 6.92 Å². The van der Waals surface area contributed by atoms with E-state index in [0.717, 1.165) is 13.4 Å². The van der Waals surface area contributed by atoms with Crippen LogP contribution in [0.4, 0.5) is 0 Å². The largest absolute Gasteiger partial charge is 0.326 e. The van der Waals surface area contributed by atoms with Crippen LogP contribution >= 0.6 is 0 Å². The van der Waals surface area contributed by atoms with Gasteiger partial charge in [-0.2, -0.15) is 0 Å². The van der Waals surface area contributed by atoms with Crippen molar-refractivity contribution in [3.05, 3.63) is 0 Å². The standard InChI is InChI=1S/C13H34N3/c1-13(16(8,9)10,11-14(2,3)4)12-15(5,6)7/h11-12H2,1-10H3/q+3. The van der Waals surface area contributed by atoms with Crippen molar-refractivity contribution in [1.29, 1.82) is 0 Å². The highest BCUT2D eigenvalue weighted by molar-refractivity contribution is 4.74. The van der Waals surface area contributed by atoms with Crippen LogP contribution in [0.5, 0.6) is 0 Å². The molecular formula is C13H34N3+3. The van der Waals surface area contributed by atoms with E-state index in [4.69, 9.17) is 0 Å². The molecule has 0 N–H and O–H groups in total. The van der Waals surface area contributed by atoms with Gasteiger partial charge < -0.3 is 13.4 Å². The molecule has 0 aromatic carbocycles. The van der Waals surface area contributed by atoms with Gasteiger partial charge in [-0.05, 0) is 0 Å². The SMILES string of the molecule is CC(C[N+](C)(C)C)(C[N+](C)(C)C)[N+](C)(C)C. The Kier molecular flexibility index (Phi) is 4.25. The van der Waals surface area contributed by atoms with Crippen molar-refractivity contribution in [2.24, 2.45) is 0 Å². The summed E-state index contributed by atoms with van der Waals surface area (Å²) in [5.74, 6) is 0. The van der Waals surface area contributed by atoms with Gasteiger partial charge in [0.15, 0.2) is 5.54 Å². The summed E-state index contributed by atoms with van der Waals surface area (Å²) in [5, 5.41) is 0. The summed E-state index contributed by atoms with van der Waals surface area (Å²) >= 11 is 0. The molecule has 98 valence electrons. The molecule has 3 heteroatoms. The van der Waals surface area contributed by atoms with Crippen LogP contribution < -0.4 is 0 Å². The summed E-state index contributed by atoms with van der Waals surface area (Å²) in [6.07, 6.45) is 0. The lowest BCUT2D eigenvalue weighted by Crippen LogP contribution is -2.68. The van der Waals surface area contributed by atoms with Crippen LogP contribution in [0.2, 0.25) is 0 Å². The fraction of sp³-hybridized carbons (Fsp3) is 1.00. The first-order chi connectivity index (χ1) is 6.66. The average molecular weight is 232 g/mol. The number of nitrogens with zero attached hydrogens (tertiary/aromatic N) is 3. The average Bonchev–Trinajstić information content (AvgIpc) is 1.72. The van der Waals surface area contributed by atoms with Gasteiger partial charge in [0.25, 0.3) is 0 Å². The Morgan fingerprint density at radius 3 is 1.00 bits per heavy atom. The van der Waals surface area contributed by atoms with Crippen LogP contribution in [-0.2, 0) is 0 Å². The summed E-state index contributed by atoms with van der Waals surface area (Å²) in [6.45, 7) is 4.79. The molecule has 0 aromatic rings. The normalized spacial score (nSPS) is 15.4. The molecule has 0 fully saturated rings. The van der Waals surface area contributed by atoms with E-state index in [1.165, 1.54) is 13.1 Å². The molecule has 0 bridgehead atoms. The van der Waals surface area contributed by atoms with E-state index in [2.05, 4.69) is 70.4 Å². The molecule has 3 nitrogen and oxygen atoms in total. The van der Waals surface area contributed by atoms with E-state index in [0.29, 0.717) is 0 Å². The number of quaternary nitrogens is 3. The minimum Gasteiger partial charge on any atom is -0.326 e. The monoisotopic (exact) mass is 232 g/mol. The first kappa shape index (κ1) is 15.9. The van der Waals surface area contributed by atoms with Gasteiger partial charge in [0.2, 0.25) is 0 Å². The first-order valence-electron chi connectivity index (χ1n) is 6.09. The van der Waals surface area contributed by atoms with Crippen LogP contribution in [0.15, 0.2) is 0 Å². The summed E-state index contributed by atoms with van der Waals surface area (Å²) < 4.78 is 3.05. The zero-order chi connectivity index (χ0) is 13.4. The Bertz CT molecular complexity index is 209. The van der Waals surface area contributed by atoms with Crippen LogP contribution in [-0.4, -0.2) is 95.5 Å². The molecule has 0 unspecified atom stereocenters. The third-order valence-corrected chi connectivity index (χ3v) is 3.25. The Balaban J connectivity index is 5.07. The van der Waals surface area contributed by atoms with Gasteiger partial charge in [0, 0.05) is 6.92 Å². The van der Waals surface area contributed by atoms with Gasteiger partial charge in [-0.3, -0.25) is 0 Å². The van der Waals surface area contributed by atoms with E-state index < -0.39 is 0 Å². The zero-order valence-corrected chi connectivity index (χ0v) is 13.3. The second-order valence-corrected chi connectivity index (χ2v) is 8.41. The van der Waals surface area contributed by atoms with E-state index >= 15 is 0 Å². The van der Waals surface area contributed by atoms with Gasteiger partial charge in [-0.1, -0.05) is 0 Å². The Morgan fingerprint density at radius 2 is 0.875 bits per heavy atom. The minimum atomic E-state index is 0.288. The fourth-order valence-electron chi connectivity index (χ4n) is 2.52.